The van der Waals surface area contributed by atoms with Crippen molar-refractivity contribution in [1.29, 1.82) is 0 Å². The number of benzene rings is 2. The first-order valence-corrected chi connectivity index (χ1v) is 6.37. The zero-order chi connectivity index (χ0) is 14.8. The van der Waals surface area contributed by atoms with E-state index in [1.165, 1.54) is 12.1 Å². The van der Waals surface area contributed by atoms with Crippen LogP contribution in [0.3, 0.4) is 0 Å². The second kappa shape index (κ2) is 5.28. The lowest BCUT2D eigenvalue weighted by Gasteiger charge is -2.06. The average Bonchev–Trinajstić information content (AvgIpc) is 2.89. The van der Waals surface area contributed by atoms with Crippen LogP contribution in [0.2, 0.25) is 0 Å². The highest BCUT2D eigenvalue weighted by Crippen LogP contribution is 2.20. The van der Waals surface area contributed by atoms with Crippen LogP contribution in [0.15, 0.2) is 52.9 Å². The minimum absolute atomic E-state index is 0.357. The summed E-state index contributed by atoms with van der Waals surface area (Å²) in [4.78, 5) is 10.9. The number of furan rings is 1. The van der Waals surface area contributed by atoms with Gasteiger partial charge in [0, 0.05) is 11.1 Å². The molecule has 0 saturated carbocycles. The predicted octanol–water partition coefficient (Wildman–Crippen LogP) is 3.88. The number of aromatic carboxylic acids is 1. The van der Waals surface area contributed by atoms with E-state index in [4.69, 9.17) is 9.52 Å². The number of fused-ring (bicyclic) bond motifs is 1. The number of carbonyl (C=O) groups is 1. The van der Waals surface area contributed by atoms with Gasteiger partial charge in [0.1, 0.15) is 17.2 Å². The lowest BCUT2D eigenvalue weighted by molar-refractivity contribution is 0.0692. The second-order valence-electron chi connectivity index (χ2n) is 4.60. The molecule has 0 amide bonds. The molecule has 0 radical (unpaired) electrons. The first-order chi connectivity index (χ1) is 10.1. The van der Waals surface area contributed by atoms with Gasteiger partial charge in [0.25, 0.3) is 0 Å². The normalized spacial score (nSPS) is 10.7. The molecule has 0 unspecified atom stereocenters. The molecule has 2 N–H and O–H groups in total. The number of para-hydroxylation sites is 1. The van der Waals surface area contributed by atoms with Crippen LogP contribution < -0.4 is 5.32 Å². The monoisotopic (exact) mass is 285 g/mol. The fraction of sp³-hybridized carbons (Fsp3) is 0.0625. The molecular weight excluding hydrogens is 273 g/mol. The van der Waals surface area contributed by atoms with Crippen molar-refractivity contribution in [2.45, 2.75) is 6.54 Å². The summed E-state index contributed by atoms with van der Waals surface area (Å²) < 4.78 is 18.9. The summed E-state index contributed by atoms with van der Waals surface area (Å²) >= 11 is 0. The van der Waals surface area contributed by atoms with Gasteiger partial charge in [-0.2, -0.15) is 0 Å². The number of rotatable bonds is 4. The molecule has 0 spiro atoms. The van der Waals surface area contributed by atoms with E-state index in [1.54, 1.807) is 0 Å². The third-order valence-electron chi connectivity index (χ3n) is 3.14. The average molecular weight is 285 g/mol. The molecule has 4 nitrogen and oxygen atoms in total. The van der Waals surface area contributed by atoms with Gasteiger partial charge in [-0.25, -0.2) is 9.18 Å². The summed E-state index contributed by atoms with van der Waals surface area (Å²) in [7, 11) is 0. The van der Waals surface area contributed by atoms with E-state index in [0.717, 1.165) is 22.8 Å². The van der Waals surface area contributed by atoms with Crippen LogP contribution in [-0.4, -0.2) is 11.1 Å². The molecule has 0 aliphatic heterocycles. The first-order valence-electron chi connectivity index (χ1n) is 6.37. The molecule has 1 heterocycles. The van der Waals surface area contributed by atoms with E-state index in [-0.39, 0.29) is 5.56 Å². The number of halogens is 1. The molecule has 3 aromatic rings. The van der Waals surface area contributed by atoms with E-state index in [1.807, 2.05) is 30.3 Å². The van der Waals surface area contributed by atoms with Gasteiger partial charge in [-0.1, -0.05) is 18.2 Å². The van der Waals surface area contributed by atoms with Gasteiger partial charge in [0.15, 0.2) is 0 Å². The first kappa shape index (κ1) is 13.2. The van der Waals surface area contributed by atoms with Crippen LogP contribution in [0, 0.1) is 5.82 Å². The Hall–Kier alpha value is -2.82. The molecule has 0 aliphatic carbocycles. The third kappa shape index (κ3) is 2.72. The van der Waals surface area contributed by atoms with Crippen LogP contribution >= 0.6 is 0 Å². The van der Waals surface area contributed by atoms with Crippen LogP contribution in [0.4, 0.5) is 10.1 Å². The van der Waals surface area contributed by atoms with Crippen molar-refractivity contribution in [1.82, 2.24) is 0 Å². The Bertz CT molecular complexity index is 777. The predicted molar refractivity (Wildman–Crippen MR) is 76.9 cm³/mol. The lowest BCUT2D eigenvalue weighted by atomic mass is 10.2. The number of anilines is 1. The van der Waals surface area contributed by atoms with E-state index >= 15 is 0 Å². The Balaban J connectivity index is 1.78. The fourth-order valence-corrected chi connectivity index (χ4v) is 2.11. The van der Waals surface area contributed by atoms with Crippen molar-refractivity contribution >= 4 is 22.6 Å². The zero-order valence-electron chi connectivity index (χ0n) is 11.0. The highest BCUT2D eigenvalue weighted by Gasteiger charge is 2.11. The van der Waals surface area contributed by atoms with Crippen molar-refractivity contribution in [2.75, 3.05) is 5.32 Å². The molecular formula is C16H12FNO3. The molecule has 1 aromatic heterocycles. The standard InChI is InChI=1S/C16H12FNO3/c17-14-6-5-11(8-13(14)16(19)20)18-9-12-7-10-3-1-2-4-15(10)21-12/h1-8,18H,9H2,(H,19,20). The molecule has 0 bridgehead atoms. The number of nitrogens with one attached hydrogen (secondary N) is 1. The topological polar surface area (TPSA) is 62.5 Å². The Morgan fingerprint density at radius 3 is 2.76 bits per heavy atom. The lowest BCUT2D eigenvalue weighted by Crippen LogP contribution is -2.04. The molecule has 0 fully saturated rings. The van der Waals surface area contributed by atoms with Gasteiger partial charge in [0.2, 0.25) is 0 Å². The largest absolute Gasteiger partial charge is 0.478 e. The SMILES string of the molecule is O=C(O)c1cc(NCc2cc3ccccc3o2)ccc1F. The van der Waals surface area contributed by atoms with Gasteiger partial charge < -0.3 is 14.8 Å². The number of hydrogen-bond donors (Lipinski definition) is 2. The van der Waals surface area contributed by atoms with Crippen molar-refractivity contribution in [3.05, 3.63) is 65.7 Å². The highest BCUT2D eigenvalue weighted by molar-refractivity contribution is 5.89. The number of carboxylic acid groups (broad SMARTS) is 1. The Labute approximate surface area is 119 Å². The summed E-state index contributed by atoms with van der Waals surface area (Å²) in [6.07, 6.45) is 0. The molecule has 106 valence electrons. The number of hydrogen-bond acceptors (Lipinski definition) is 3. The molecule has 21 heavy (non-hydrogen) atoms. The Kier molecular flexibility index (Phi) is 3.31. The van der Waals surface area contributed by atoms with Gasteiger partial charge in [0.05, 0.1) is 12.1 Å². The summed E-state index contributed by atoms with van der Waals surface area (Å²) in [6, 6.07) is 13.4. The summed E-state index contributed by atoms with van der Waals surface area (Å²) in [5.74, 6) is -1.32. The van der Waals surface area contributed by atoms with Crippen LogP contribution in [0.25, 0.3) is 11.0 Å². The van der Waals surface area contributed by atoms with Gasteiger partial charge in [-0.3, -0.25) is 0 Å². The maximum atomic E-state index is 13.3. The fourth-order valence-electron chi connectivity index (χ4n) is 2.11. The molecule has 3 rings (SSSR count). The molecule has 2 aromatic carbocycles. The van der Waals surface area contributed by atoms with Gasteiger partial charge >= 0.3 is 5.97 Å². The summed E-state index contributed by atoms with van der Waals surface area (Å²) in [6.45, 7) is 0.388. The Morgan fingerprint density at radius 1 is 1.19 bits per heavy atom. The molecule has 5 heteroatoms. The van der Waals surface area contributed by atoms with E-state index < -0.39 is 11.8 Å². The minimum Gasteiger partial charge on any atom is -0.478 e. The van der Waals surface area contributed by atoms with Crippen molar-refractivity contribution in [3.63, 3.8) is 0 Å². The minimum atomic E-state index is -1.29. The third-order valence-corrected chi connectivity index (χ3v) is 3.14. The van der Waals surface area contributed by atoms with Gasteiger partial charge in [-0.15, -0.1) is 0 Å². The summed E-state index contributed by atoms with van der Waals surface area (Å²) in [5.41, 5.74) is 0.957. The molecule has 0 saturated heterocycles. The quantitative estimate of drug-likeness (QED) is 0.763. The van der Waals surface area contributed by atoms with Crippen molar-refractivity contribution < 1.29 is 18.7 Å². The van der Waals surface area contributed by atoms with Gasteiger partial charge in [-0.05, 0) is 30.3 Å². The highest BCUT2D eigenvalue weighted by atomic mass is 19.1. The molecule has 0 aliphatic rings. The number of carboxylic acids is 1. The van der Waals surface area contributed by atoms with Crippen LogP contribution in [-0.2, 0) is 6.54 Å². The van der Waals surface area contributed by atoms with E-state index in [0.29, 0.717) is 12.2 Å². The van der Waals surface area contributed by atoms with Crippen molar-refractivity contribution in [3.8, 4) is 0 Å². The molecule has 0 atom stereocenters. The maximum Gasteiger partial charge on any atom is 0.338 e. The van der Waals surface area contributed by atoms with Crippen molar-refractivity contribution in [2.24, 2.45) is 0 Å². The van der Waals surface area contributed by atoms with E-state index in [9.17, 15) is 9.18 Å². The maximum absolute atomic E-state index is 13.3. The Morgan fingerprint density at radius 2 is 2.00 bits per heavy atom. The summed E-state index contributed by atoms with van der Waals surface area (Å²) in [5, 5.41) is 12.9. The van der Waals surface area contributed by atoms with Crippen LogP contribution in [0.5, 0.6) is 0 Å². The van der Waals surface area contributed by atoms with Crippen LogP contribution in [0.1, 0.15) is 16.1 Å². The zero-order valence-corrected chi connectivity index (χ0v) is 11.0. The second-order valence-corrected chi connectivity index (χ2v) is 4.60. The van der Waals surface area contributed by atoms with E-state index in [2.05, 4.69) is 5.32 Å². The smallest absolute Gasteiger partial charge is 0.338 e.